The van der Waals surface area contributed by atoms with Crippen LogP contribution < -0.4 is 10.6 Å². The zero-order chi connectivity index (χ0) is 16.7. The van der Waals surface area contributed by atoms with E-state index in [9.17, 15) is 4.79 Å². The SMILES string of the molecule is CC.Cc1cc(NC(=O)Nc2cnc3ccccc3c2)ccn1. The molecule has 2 amide bonds. The van der Waals surface area contributed by atoms with Crippen LogP contribution in [0.5, 0.6) is 0 Å². The van der Waals surface area contributed by atoms with Crippen LogP contribution >= 0.6 is 0 Å². The minimum atomic E-state index is -0.308. The Morgan fingerprint density at radius 2 is 1.70 bits per heavy atom. The van der Waals surface area contributed by atoms with Crippen molar-refractivity contribution in [3.05, 3.63) is 60.6 Å². The molecule has 3 aromatic rings. The maximum atomic E-state index is 12.0. The maximum absolute atomic E-state index is 12.0. The normalized spacial score (nSPS) is 9.70. The summed E-state index contributed by atoms with van der Waals surface area (Å²) in [6.45, 7) is 5.87. The summed E-state index contributed by atoms with van der Waals surface area (Å²) in [6.07, 6.45) is 3.29. The number of para-hydroxylation sites is 1. The quantitative estimate of drug-likeness (QED) is 0.726. The monoisotopic (exact) mass is 308 g/mol. The van der Waals surface area contributed by atoms with Crippen LogP contribution in [0, 0.1) is 6.92 Å². The number of benzene rings is 1. The lowest BCUT2D eigenvalue weighted by Gasteiger charge is -2.08. The summed E-state index contributed by atoms with van der Waals surface area (Å²) in [5.41, 5.74) is 3.10. The number of aryl methyl sites for hydroxylation is 1. The van der Waals surface area contributed by atoms with Gasteiger partial charge in [-0.05, 0) is 31.2 Å². The van der Waals surface area contributed by atoms with E-state index in [1.54, 1.807) is 24.5 Å². The molecule has 5 heteroatoms. The number of fused-ring (bicyclic) bond motifs is 1. The Labute approximate surface area is 135 Å². The van der Waals surface area contributed by atoms with Crippen molar-refractivity contribution in [2.75, 3.05) is 10.6 Å². The van der Waals surface area contributed by atoms with Crippen LogP contribution in [0.25, 0.3) is 10.9 Å². The number of pyridine rings is 2. The van der Waals surface area contributed by atoms with Gasteiger partial charge in [0.2, 0.25) is 0 Å². The Bertz CT molecular complexity index is 802. The third-order valence-electron chi connectivity index (χ3n) is 3.00. The highest BCUT2D eigenvalue weighted by atomic mass is 16.2. The average molecular weight is 308 g/mol. The molecule has 2 N–H and O–H groups in total. The third-order valence-corrected chi connectivity index (χ3v) is 3.00. The van der Waals surface area contributed by atoms with Gasteiger partial charge in [-0.2, -0.15) is 0 Å². The molecule has 0 radical (unpaired) electrons. The zero-order valence-corrected chi connectivity index (χ0v) is 13.5. The molecular formula is C18H20N4O. The minimum Gasteiger partial charge on any atom is -0.308 e. The van der Waals surface area contributed by atoms with Crippen molar-refractivity contribution >= 4 is 28.3 Å². The van der Waals surface area contributed by atoms with Gasteiger partial charge in [0.1, 0.15) is 0 Å². The Hall–Kier alpha value is -2.95. The van der Waals surface area contributed by atoms with E-state index in [1.165, 1.54) is 0 Å². The minimum absolute atomic E-state index is 0.308. The van der Waals surface area contributed by atoms with E-state index in [0.717, 1.165) is 16.6 Å². The summed E-state index contributed by atoms with van der Waals surface area (Å²) in [5.74, 6) is 0. The summed E-state index contributed by atoms with van der Waals surface area (Å²) in [5, 5.41) is 6.51. The van der Waals surface area contributed by atoms with Crippen LogP contribution in [0.2, 0.25) is 0 Å². The summed E-state index contributed by atoms with van der Waals surface area (Å²) in [6, 6.07) is 12.9. The van der Waals surface area contributed by atoms with E-state index in [2.05, 4.69) is 20.6 Å². The molecule has 1 aromatic carbocycles. The number of urea groups is 1. The predicted octanol–water partition coefficient (Wildman–Crippen LogP) is 4.61. The molecule has 23 heavy (non-hydrogen) atoms. The van der Waals surface area contributed by atoms with Crippen LogP contribution in [0.3, 0.4) is 0 Å². The molecule has 0 fully saturated rings. The second-order valence-electron chi connectivity index (χ2n) is 4.68. The molecule has 0 atom stereocenters. The summed E-state index contributed by atoms with van der Waals surface area (Å²) in [4.78, 5) is 20.3. The van der Waals surface area contributed by atoms with Gasteiger partial charge >= 0.3 is 6.03 Å². The number of anilines is 2. The lowest BCUT2D eigenvalue weighted by molar-refractivity contribution is 0.262. The molecular weight excluding hydrogens is 288 g/mol. The first kappa shape index (κ1) is 16.4. The molecule has 2 aromatic heterocycles. The Morgan fingerprint density at radius 1 is 0.957 bits per heavy atom. The van der Waals surface area contributed by atoms with Gasteiger partial charge in [-0.1, -0.05) is 32.0 Å². The predicted molar refractivity (Wildman–Crippen MR) is 94.7 cm³/mol. The molecule has 0 saturated heterocycles. The molecule has 0 aliphatic rings. The van der Waals surface area contributed by atoms with Crippen LogP contribution in [0.1, 0.15) is 19.5 Å². The van der Waals surface area contributed by atoms with Gasteiger partial charge in [0.05, 0.1) is 17.4 Å². The van der Waals surface area contributed by atoms with Crippen molar-refractivity contribution in [1.29, 1.82) is 0 Å². The number of amides is 2. The van der Waals surface area contributed by atoms with E-state index in [4.69, 9.17) is 0 Å². The second-order valence-corrected chi connectivity index (χ2v) is 4.68. The van der Waals surface area contributed by atoms with E-state index >= 15 is 0 Å². The first-order valence-electron chi connectivity index (χ1n) is 7.56. The topological polar surface area (TPSA) is 66.9 Å². The first-order valence-corrected chi connectivity index (χ1v) is 7.56. The zero-order valence-electron chi connectivity index (χ0n) is 13.5. The number of carbonyl (C=O) groups excluding carboxylic acids is 1. The largest absolute Gasteiger partial charge is 0.323 e. The number of carbonyl (C=O) groups is 1. The molecule has 0 aliphatic carbocycles. The first-order chi connectivity index (χ1) is 11.2. The fourth-order valence-electron chi connectivity index (χ4n) is 2.06. The molecule has 0 aliphatic heterocycles. The molecule has 5 nitrogen and oxygen atoms in total. The van der Waals surface area contributed by atoms with Crippen molar-refractivity contribution < 1.29 is 4.79 Å². The van der Waals surface area contributed by atoms with Gasteiger partial charge in [-0.25, -0.2) is 4.79 Å². The molecule has 0 bridgehead atoms. The van der Waals surface area contributed by atoms with E-state index < -0.39 is 0 Å². The number of nitrogens with one attached hydrogen (secondary N) is 2. The number of nitrogens with zero attached hydrogens (tertiary/aromatic N) is 2. The van der Waals surface area contributed by atoms with Crippen LogP contribution in [-0.4, -0.2) is 16.0 Å². The van der Waals surface area contributed by atoms with E-state index in [-0.39, 0.29) is 6.03 Å². The van der Waals surface area contributed by atoms with E-state index in [0.29, 0.717) is 11.4 Å². The fourth-order valence-corrected chi connectivity index (χ4v) is 2.06. The summed E-state index contributed by atoms with van der Waals surface area (Å²) >= 11 is 0. The third kappa shape index (κ3) is 4.51. The second kappa shape index (κ2) is 7.89. The lowest BCUT2D eigenvalue weighted by atomic mass is 10.2. The van der Waals surface area contributed by atoms with Gasteiger partial charge < -0.3 is 10.6 Å². The van der Waals surface area contributed by atoms with Gasteiger partial charge in [-0.15, -0.1) is 0 Å². The molecule has 2 heterocycles. The summed E-state index contributed by atoms with van der Waals surface area (Å²) < 4.78 is 0. The van der Waals surface area contributed by atoms with Crippen molar-refractivity contribution in [3.63, 3.8) is 0 Å². The van der Waals surface area contributed by atoms with Gasteiger partial charge in [0.15, 0.2) is 0 Å². The van der Waals surface area contributed by atoms with Crippen molar-refractivity contribution in [3.8, 4) is 0 Å². The number of hydrogen-bond donors (Lipinski definition) is 2. The molecule has 118 valence electrons. The Morgan fingerprint density at radius 3 is 2.48 bits per heavy atom. The van der Waals surface area contributed by atoms with Crippen molar-refractivity contribution in [2.45, 2.75) is 20.8 Å². The number of rotatable bonds is 2. The average Bonchev–Trinajstić information content (AvgIpc) is 2.56. The lowest BCUT2D eigenvalue weighted by Crippen LogP contribution is -2.19. The van der Waals surface area contributed by atoms with Gasteiger partial charge in [0.25, 0.3) is 0 Å². The van der Waals surface area contributed by atoms with Crippen LogP contribution in [0.15, 0.2) is 54.9 Å². The maximum Gasteiger partial charge on any atom is 0.323 e. The van der Waals surface area contributed by atoms with Crippen LogP contribution in [0.4, 0.5) is 16.2 Å². The Kier molecular flexibility index (Phi) is 5.63. The fraction of sp³-hybridized carbons (Fsp3) is 0.167. The number of aromatic nitrogens is 2. The molecule has 3 rings (SSSR count). The molecule has 0 saturated carbocycles. The highest BCUT2D eigenvalue weighted by Gasteiger charge is 2.04. The van der Waals surface area contributed by atoms with Gasteiger partial charge in [0, 0.05) is 23.0 Å². The van der Waals surface area contributed by atoms with Crippen molar-refractivity contribution in [2.24, 2.45) is 0 Å². The van der Waals surface area contributed by atoms with Crippen molar-refractivity contribution in [1.82, 2.24) is 9.97 Å². The van der Waals surface area contributed by atoms with Gasteiger partial charge in [-0.3, -0.25) is 9.97 Å². The molecule has 0 unspecified atom stereocenters. The molecule has 0 spiro atoms. The summed E-state index contributed by atoms with van der Waals surface area (Å²) in [7, 11) is 0. The smallest absolute Gasteiger partial charge is 0.308 e. The standard InChI is InChI=1S/C16H14N4O.C2H6/c1-11-8-13(6-7-17-11)19-16(21)20-14-9-12-4-2-3-5-15(12)18-10-14;1-2/h2-10H,1H3,(H2,17,19,20,21);1-2H3. The number of hydrogen-bond acceptors (Lipinski definition) is 3. The Balaban J connectivity index is 0.000000924. The highest BCUT2D eigenvalue weighted by Crippen LogP contribution is 2.16. The van der Waals surface area contributed by atoms with Crippen LogP contribution in [-0.2, 0) is 0 Å². The van der Waals surface area contributed by atoms with E-state index in [1.807, 2.05) is 51.1 Å². The highest BCUT2D eigenvalue weighted by molar-refractivity contribution is 6.00.